The van der Waals surface area contributed by atoms with Crippen molar-refractivity contribution in [2.75, 3.05) is 9.80 Å². The van der Waals surface area contributed by atoms with Gasteiger partial charge >= 0.3 is 0 Å². The van der Waals surface area contributed by atoms with Gasteiger partial charge in [0.15, 0.2) is 0 Å². The molecule has 0 aromatic heterocycles. The van der Waals surface area contributed by atoms with Crippen LogP contribution in [0.5, 0.6) is 0 Å². The zero-order chi connectivity index (χ0) is 45.6. The van der Waals surface area contributed by atoms with Crippen molar-refractivity contribution in [2.45, 2.75) is 126 Å². The maximum atomic E-state index is 2.56. The predicted molar refractivity (Wildman–Crippen MR) is 283 cm³/mol. The number of fused-ring (bicyclic) bond motifs is 7. The van der Waals surface area contributed by atoms with E-state index in [9.17, 15) is 0 Å². The first-order valence-electron chi connectivity index (χ1n) is 24.8. The Hall–Kier alpha value is -6.12. The maximum Gasteiger partial charge on any atom is 0.0543 e. The molecule has 0 atom stereocenters. The second-order valence-corrected chi connectivity index (χ2v) is 18.7. The van der Waals surface area contributed by atoms with Gasteiger partial charge in [-0.15, -0.1) is 0 Å². The van der Waals surface area contributed by atoms with Gasteiger partial charge in [0, 0.05) is 39.2 Å². The lowest BCUT2D eigenvalue weighted by Crippen LogP contribution is -2.18. The zero-order valence-corrected chi connectivity index (χ0v) is 40.8. The van der Waals surface area contributed by atoms with Gasteiger partial charge in [0.25, 0.3) is 0 Å². The summed E-state index contributed by atoms with van der Waals surface area (Å²) in [6, 6.07) is 52.3. The lowest BCUT2D eigenvalue weighted by atomic mass is 9.79. The minimum absolute atomic E-state index is 0.255. The average Bonchev–Trinajstić information content (AvgIpc) is 3.59. The molecule has 0 N–H and O–H groups in total. The summed E-state index contributed by atoms with van der Waals surface area (Å²) < 4.78 is 0. The monoisotopic (exact) mass is 853 g/mol. The van der Waals surface area contributed by atoms with Crippen LogP contribution in [-0.4, -0.2) is 0 Å². The largest absolute Gasteiger partial charge is 0.310 e. The van der Waals surface area contributed by atoms with Gasteiger partial charge < -0.3 is 9.80 Å². The summed E-state index contributed by atoms with van der Waals surface area (Å²) in [5.74, 6) is 0. The van der Waals surface area contributed by atoms with Crippen molar-refractivity contribution in [1.29, 1.82) is 0 Å². The van der Waals surface area contributed by atoms with Crippen molar-refractivity contribution in [1.82, 2.24) is 0 Å². The fourth-order valence-electron chi connectivity index (χ4n) is 11.4. The zero-order valence-electron chi connectivity index (χ0n) is 40.8. The summed E-state index contributed by atoms with van der Waals surface area (Å²) in [5.41, 5.74) is 24.0. The Morgan fingerprint density at radius 1 is 0.354 bits per heavy atom. The molecule has 0 aliphatic heterocycles. The summed E-state index contributed by atoms with van der Waals surface area (Å²) in [6.45, 7) is 23.2. The highest BCUT2D eigenvalue weighted by molar-refractivity contribution is 6.12. The fraction of sp³-hybridized carbons (Fsp3) is 0.302. The Balaban J connectivity index is 1.24. The van der Waals surface area contributed by atoms with E-state index in [1.807, 2.05) is 0 Å². The van der Waals surface area contributed by atoms with E-state index in [4.69, 9.17) is 0 Å². The van der Waals surface area contributed by atoms with Crippen LogP contribution in [0.4, 0.5) is 34.1 Å². The van der Waals surface area contributed by atoms with Crippen molar-refractivity contribution in [2.24, 2.45) is 0 Å². The van der Waals surface area contributed by atoms with E-state index >= 15 is 0 Å². The van der Waals surface area contributed by atoms with Crippen LogP contribution in [0, 0.1) is 0 Å². The van der Waals surface area contributed by atoms with Crippen LogP contribution in [0.2, 0.25) is 0 Å². The van der Waals surface area contributed by atoms with Crippen molar-refractivity contribution in [3.8, 4) is 11.1 Å². The number of nitrogens with zero attached hydrogens (tertiary/aromatic N) is 2. The smallest absolute Gasteiger partial charge is 0.0543 e. The molecular formula is C63H68N2. The van der Waals surface area contributed by atoms with Gasteiger partial charge in [-0.1, -0.05) is 136 Å². The molecule has 8 aromatic carbocycles. The van der Waals surface area contributed by atoms with Crippen LogP contribution in [0.25, 0.3) is 32.7 Å². The molecule has 0 heterocycles. The quantitative estimate of drug-likeness (QED) is 0.108. The third-order valence-corrected chi connectivity index (χ3v) is 14.9. The molecule has 0 saturated carbocycles. The lowest BCUT2D eigenvalue weighted by Gasteiger charge is -2.31. The standard InChI is InChI=1S/C63H68N2/c1-11-41-23-28-50(35-45(41)15-5)64(51-29-24-42(12-2)46(16-6)36-51)52-32-34-55-49(39-52)27-33-58-61-57-22-20-19-21-56(57)60(40-59(61)63(9,10)62(55)58)65(53-30-25-43(13-3)47(17-7)37-53)54-31-26-44(14-4)48(18-8)38-54/h19-40H,11-18H2,1-10H3. The molecule has 2 nitrogen and oxygen atoms in total. The third kappa shape index (κ3) is 7.53. The highest BCUT2D eigenvalue weighted by Gasteiger charge is 2.39. The normalized spacial score (nSPS) is 12.8. The third-order valence-electron chi connectivity index (χ3n) is 14.9. The molecule has 0 unspecified atom stereocenters. The Kier molecular flexibility index (Phi) is 12.2. The second-order valence-electron chi connectivity index (χ2n) is 18.7. The average molecular weight is 853 g/mol. The van der Waals surface area contributed by atoms with E-state index in [0.29, 0.717) is 0 Å². The van der Waals surface area contributed by atoms with E-state index in [2.05, 4.69) is 212 Å². The molecule has 0 saturated heterocycles. The number of aryl methyl sites for hydroxylation is 8. The van der Waals surface area contributed by atoms with Gasteiger partial charge in [-0.2, -0.15) is 0 Å². The van der Waals surface area contributed by atoms with E-state index in [-0.39, 0.29) is 5.41 Å². The van der Waals surface area contributed by atoms with Gasteiger partial charge in [0.05, 0.1) is 5.69 Å². The molecule has 65 heavy (non-hydrogen) atoms. The van der Waals surface area contributed by atoms with Crippen LogP contribution in [0.15, 0.2) is 133 Å². The molecule has 2 heteroatoms. The molecule has 1 aliphatic rings. The maximum absolute atomic E-state index is 2.56. The molecule has 0 bridgehead atoms. The highest BCUT2D eigenvalue weighted by Crippen LogP contribution is 2.57. The molecule has 9 rings (SSSR count). The van der Waals surface area contributed by atoms with Crippen molar-refractivity contribution >= 4 is 55.7 Å². The van der Waals surface area contributed by atoms with Crippen molar-refractivity contribution in [3.63, 3.8) is 0 Å². The Morgan fingerprint density at radius 2 is 0.754 bits per heavy atom. The van der Waals surface area contributed by atoms with Gasteiger partial charge in [0.2, 0.25) is 0 Å². The Bertz CT molecular complexity index is 2960. The molecule has 0 spiro atoms. The topological polar surface area (TPSA) is 6.48 Å². The Morgan fingerprint density at radius 3 is 1.20 bits per heavy atom. The van der Waals surface area contributed by atoms with Crippen molar-refractivity contribution < 1.29 is 0 Å². The molecule has 1 aliphatic carbocycles. The van der Waals surface area contributed by atoms with E-state index in [1.165, 1.54) is 122 Å². The summed E-state index contributed by atoms with van der Waals surface area (Å²) in [5, 5.41) is 5.18. The molecule has 0 radical (unpaired) electrons. The molecular weight excluding hydrogens is 785 g/mol. The summed E-state index contributed by atoms with van der Waals surface area (Å²) in [4.78, 5) is 5.05. The first kappa shape index (κ1) is 44.1. The van der Waals surface area contributed by atoms with Crippen LogP contribution in [0.3, 0.4) is 0 Å². The number of rotatable bonds is 14. The fourth-order valence-corrected chi connectivity index (χ4v) is 11.4. The molecule has 8 aromatic rings. The van der Waals surface area contributed by atoms with Crippen LogP contribution >= 0.6 is 0 Å². The lowest BCUT2D eigenvalue weighted by molar-refractivity contribution is 0.667. The highest BCUT2D eigenvalue weighted by atomic mass is 15.1. The minimum Gasteiger partial charge on any atom is -0.310 e. The number of hydrogen-bond donors (Lipinski definition) is 0. The van der Waals surface area contributed by atoms with Gasteiger partial charge in [-0.25, -0.2) is 0 Å². The van der Waals surface area contributed by atoms with Crippen LogP contribution in [-0.2, 0) is 56.8 Å². The van der Waals surface area contributed by atoms with E-state index < -0.39 is 0 Å². The number of hydrogen-bond acceptors (Lipinski definition) is 2. The van der Waals surface area contributed by atoms with Gasteiger partial charge in [-0.05, 0) is 201 Å². The second kappa shape index (κ2) is 18.0. The minimum atomic E-state index is -0.255. The SMILES string of the molecule is CCc1ccc(N(c2ccc(CC)c(CC)c2)c2ccc3c4c(ccc3c2)-c2c(cc(N(c3ccc(CC)c(CC)c3)c3ccc(CC)c(CC)c3)c3ccccc23)C4(C)C)cc1CC. The first-order chi connectivity index (χ1) is 31.6. The summed E-state index contributed by atoms with van der Waals surface area (Å²) in [6.07, 6.45) is 8.21. The predicted octanol–water partition coefficient (Wildman–Crippen LogP) is 17.7. The van der Waals surface area contributed by atoms with Crippen LogP contribution < -0.4 is 9.80 Å². The summed E-state index contributed by atoms with van der Waals surface area (Å²) >= 11 is 0. The Labute approximate surface area is 390 Å². The van der Waals surface area contributed by atoms with Gasteiger partial charge in [0.1, 0.15) is 0 Å². The van der Waals surface area contributed by atoms with E-state index in [1.54, 1.807) is 0 Å². The molecule has 0 fully saturated rings. The number of anilines is 6. The molecule has 0 amide bonds. The molecule has 330 valence electrons. The first-order valence-corrected chi connectivity index (χ1v) is 24.8. The van der Waals surface area contributed by atoms with Gasteiger partial charge in [-0.3, -0.25) is 0 Å². The van der Waals surface area contributed by atoms with E-state index in [0.717, 1.165) is 51.4 Å². The summed E-state index contributed by atoms with van der Waals surface area (Å²) in [7, 11) is 0. The number of benzene rings is 8. The van der Waals surface area contributed by atoms with Crippen LogP contribution in [0.1, 0.15) is 125 Å². The van der Waals surface area contributed by atoms with Crippen molar-refractivity contribution in [3.05, 3.63) is 189 Å².